The number of para-hydroxylation sites is 1. The number of carbonyl (C=O) groups excluding carboxylic acids is 1. The average molecular weight is 346 g/mol. The van der Waals surface area contributed by atoms with Crippen molar-refractivity contribution in [3.8, 4) is 0 Å². The molecule has 1 N–H and O–H groups in total. The molecule has 1 aromatic carbocycles. The number of carbonyl (C=O) groups is 1. The molecule has 6 nitrogen and oxygen atoms in total. The molecule has 0 unspecified atom stereocenters. The van der Waals surface area contributed by atoms with Crippen LogP contribution in [0.5, 0.6) is 0 Å². The van der Waals surface area contributed by atoms with Gasteiger partial charge in [-0.25, -0.2) is 4.79 Å². The lowest BCUT2D eigenvalue weighted by atomic mass is 10.0. The maximum Gasteiger partial charge on any atom is 0.317 e. The quantitative estimate of drug-likeness (QED) is 0.880. The van der Waals surface area contributed by atoms with E-state index >= 15 is 0 Å². The fourth-order valence-corrected chi connectivity index (χ4v) is 3.59. The molecule has 0 radical (unpaired) electrons. The van der Waals surface area contributed by atoms with Gasteiger partial charge in [0.25, 0.3) is 0 Å². The Balaban J connectivity index is 1.37. The van der Waals surface area contributed by atoms with Gasteiger partial charge in [0.2, 0.25) is 0 Å². The molecular weight excluding hydrogens is 316 g/mol. The van der Waals surface area contributed by atoms with E-state index in [9.17, 15) is 4.79 Å². The monoisotopic (exact) mass is 346 g/mol. The molecule has 2 heterocycles. The minimum absolute atomic E-state index is 0.0778. The largest absolute Gasteiger partial charge is 0.379 e. The summed E-state index contributed by atoms with van der Waals surface area (Å²) < 4.78 is 5.34. The van der Waals surface area contributed by atoms with E-state index in [1.165, 1.54) is 5.69 Å². The lowest BCUT2D eigenvalue weighted by molar-refractivity contribution is 0.0385. The Labute approximate surface area is 150 Å². The normalized spacial score (nSPS) is 19.6. The van der Waals surface area contributed by atoms with Gasteiger partial charge in [-0.15, -0.1) is 0 Å². The van der Waals surface area contributed by atoms with Gasteiger partial charge in [-0.05, 0) is 25.0 Å². The summed E-state index contributed by atoms with van der Waals surface area (Å²) in [5.74, 6) is 0. The Morgan fingerprint density at radius 3 is 2.52 bits per heavy atom. The summed E-state index contributed by atoms with van der Waals surface area (Å²) in [6, 6.07) is 11.1. The molecular formula is C19H30N4O2. The molecule has 3 rings (SSSR count). The smallest absolute Gasteiger partial charge is 0.317 e. The minimum atomic E-state index is 0.0778. The van der Waals surface area contributed by atoms with Gasteiger partial charge in [-0.1, -0.05) is 18.2 Å². The van der Waals surface area contributed by atoms with E-state index < -0.39 is 0 Å². The van der Waals surface area contributed by atoms with Crippen LogP contribution in [0.3, 0.4) is 0 Å². The number of likely N-dealkylation sites (tertiary alicyclic amines) is 1. The molecule has 1 aromatic rings. The maximum atomic E-state index is 12.3. The molecule has 0 aliphatic carbocycles. The molecule has 0 spiro atoms. The van der Waals surface area contributed by atoms with Crippen molar-refractivity contribution in [3.63, 3.8) is 0 Å². The fraction of sp³-hybridized carbons (Fsp3) is 0.632. The van der Waals surface area contributed by atoms with Gasteiger partial charge in [0, 0.05) is 58.0 Å². The molecule has 2 aliphatic heterocycles. The predicted molar refractivity (Wildman–Crippen MR) is 100 cm³/mol. The first kappa shape index (κ1) is 18.0. The van der Waals surface area contributed by atoms with Crippen molar-refractivity contribution >= 4 is 11.7 Å². The van der Waals surface area contributed by atoms with Crippen LogP contribution in [0.4, 0.5) is 10.5 Å². The highest BCUT2D eigenvalue weighted by Crippen LogP contribution is 2.21. The van der Waals surface area contributed by atoms with E-state index in [2.05, 4.69) is 46.4 Å². The van der Waals surface area contributed by atoms with E-state index in [-0.39, 0.29) is 6.03 Å². The molecule has 138 valence electrons. The number of morpholine rings is 1. The number of piperidine rings is 1. The lowest BCUT2D eigenvalue weighted by Crippen LogP contribution is -2.50. The van der Waals surface area contributed by atoms with Gasteiger partial charge in [-0.2, -0.15) is 0 Å². The van der Waals surface area contributed by atoms with E-state index in [0.29, 0.717) is 12.6 Å². The van der Waals surface area contributed by atoms with Gasteiger partial charge in [0.1, 0.15) is 0 Å². The Hall–Kier alpha value is -1.79. The minimum Gasteiger partial charge on any atom is -0.379 e. The number of benzene rings is 1. The third-order valence-corrected chi connectivity index (χ3v) is 5.27. The molecule has 2 fully saturated rings. The van der Waals surface area contributed by atoms with Crippen LogP contribution in [-0.2, 0) is 4.74 Å². The number of rotatable bonds is 5. The zero-order valence-corrected chi connectivity index (χ0v) is 15.2. The number of ether oxygens (including phenoxy) is 1. The molecule has 6 heteroatoms. The number of hydrogen-bond donors (Lipinski definition) is 1. The van der Waals surface area contributed by atoms with Crippen molar-refractivity contribution in [2.45, 2.75) is 18.9 Å². The molecule has 2 saturated heterocycles. The van der Waals surface area contributed by atoms with Crippen LogP contribution in [0.1, 0.15) is 12.8 Å². The van der Waals surface area contributed by atoms with E-state index in [0.717, 1.165) is 58.8 Å². The Kier molecular flexibility index (Phi) is 6.53. The zero-order chi connectivity index (χ0) is 17.5. The van der Waals surface area contributed by atoms with Gasteiger partial charge >= 0.3 is 6.03 Å². The highest BCUT2D eigenvalue weighted by Gasteiger charge is 2.25. The average Bonchev–Trinajstić information content (AvgIpc) is 2.69. The topological polar surface area (TPSA) is 48.0 Å². The van der Waals surface area contributed by atoms with Gasteiger partial charge in [0.15, 0.2) is 0 Å². The van der Waals surface area contributed by atoms with Crippen LogP contribution in [0.25, 0.3) is 0 Å². The summed E-state index contributed by atoms with van der Waals surface area (Å²) in [4.78, 5) is 19.0. The maximum absolute atomic E-state index is 12.3. The van der Waals surface area contributed by atoms with Gasteiger partial charge in [-0.3, -0.25) is 4.90 Å². The molecule has 25 heavy (non-hydrogen) atoms. The summed E-state index contributed by atoms with van der Waals surface area (Å²) in [6.07, 6.45) is 2.03. The van der Waals surface area contributed by atoms with Crippen LogP contribution in [-0.4, -0.2) is 81.4 Å². The molecule has 2 amide bonds. The highest BCUT2D eigenvalue weighted by molar-refractivity contribution is 5.74. The first-order valence-electron chi connectivity index (χ1n) is 9.35. The van der Waals surface area contributed by atoms with Crippen LogP contribution in [0, 0.1) is 0 Å². The summed E-state index contributed by atoms with van der Waals surface area (Å²) >= 11 is 0. The van der Waals surface area contributed by atoms with Crippen LogP contribution in [0.2, 0.25) is 0 Å². The standard InChI is InChI=1S/C19H30N4O2/c1-21(17-5-3-2-4-6-17)18-7-10-23(11-8-18)19(24)20-9-12-22-13-15-25-16-14-22/h2-6,18H,7-16H2,1H3,(H,20,24). The fourth-order valence-electron chi connectivity index (χ4n) is 3.59. The number of nitrogens with zero attached hydrogens (tertiary/aromatic N) is 3. The first-order chi connectivity index (χ1) is 12.2. The molecule has 0 saturated carbocycles. The lowest BCUT2D eigenvalue weighted by Gasteiger charge is -2.38. The number of anilines is 1. The second kappa shape index (κ2) is 9.06. The Bertz CT molecular complexity index is 525. The van der Waals surface area contributed by atoms with E-state index in [1.54, 1.807) is 0 Å². The third-order valence-electron chi connectivity index (χ3n) is 5.27. The number of hydrogen-bond acceptors (Lipinski definition) is 4. The van der Waals surface area contributed by atoms with Crippen LogP contribution >= 0.6 is 0 Å². The SMILES string of the molecule is CN(c1ccccc1)C1CCN(C(=O)NCCN2CCOCC2)CC1. The van der Waals surface area contributed by atoms with Crippen LogP contribution < -0.4 is 10.2 Å². The van der Waals surface area contributed by atoms with Crippen molar-refractivity contribution in [3.05, 3.63) is 30.3 Å². The second-order valence-corrected chi connectivity index (χ2v) is 6.85. The van der Waals surface area contributed by atoms with Crippen LogP contribution in [0.15, 0.2) is 30.3 Å². The van der Waals surface area contributed by atoms with Crippen molar-refractivity contribution in [2.24, 2.45) is 0 Å². The van der Waals surface area contributed by atoms with E-state index in [4.69, 9.17) is 4.74 Å². The first-order valence-corrected chi connectivity index (χ1v) is 9.35. The van der Waals surface area contributed by atoms with Crippen molar-refractivity contribution in [2.75, 3.05) is 64.4 Å². The summed E-state index contributed by atoms with van der Waals surface area (Å²) in [7, 11) is 2.15. The number of urea groups is 1. The Morgan fingerprint density at radius 2 is 1.84 bits per heavy atom. The van der Waals surface area contributed by atoms with E-state index in [1.807, 2.05) is 11.0 Å². The highest BCUT2D eigenvalue weighted by atomic mass is 16.5. The summed E-state index contributed by atoms with van der Waals surface area (Å²) in [5, 5.41) is 3.07. The van der Waals surface area contributed by atoms with Gasteiger partial charge in [0.05, 0.1) is 13.2 Å². The molecule has 0 atom stereocenters. The third kappa shape index (κ3) is 5.09. The van der Waals surface area contributed by atoms with Crippen molar-refractivity contribution < 1.29 is 9.53 Å². The van der Waals surface area contributed by atoms with Crippen molar-refractivity contribution in [1.82, 2.24) is 15.1 Å². The summed E-state index contributed by atoms with van der Waals surface area (Å²) in [5.41, 5.74) is 1.25. The van der Waals surface area contributed by atoms with Crippen molar-refractivity contribution in [1.29, 1.82) is 0 Å². The number of nitrogens with one attached hydrogen (secondary N) is 1. The molecule has 0 bridgehead atoms. The predicted octanol–water partition coefficient (Wildman–Crippen LogP) is 1.63. The number of amides is 2. The second-order valence-electron chi connectivity index (χ2n) is 6.85. The molecule has 2 aliphatic rings. The summed E-state index contributed by atoms with van der Waals surface area (Å²) in [6.45, 7) is 6.80. The van der Waals surface area contributed by atoms with Gasteiger partial charge < -0.3 is 19.9 Å². The molecule has 0 aromatic heterocycles. The zero-order valence-electron chi connectivity index (χ0n) is 15.2. The Morgan fingerprint density at radius 1 is 1.16 bits per heavy atom.